The van der Waals surface area contributed by atoms with Crippen LogP contribution in [0.2, 0.25) is 0 Å². The minimum absolute atomic E-state index is 0.0159. The van der Waals surface area contributed by atoms with Gasteiger partial charge in [0.2, 0.25) is 0 Å². The van der Waals surface area contributed by atoms with Crippen LogP contribution in [-0.2, 0) is 21.7 Å². The lowest BCUT2D eigenvalue weighted by molar-refractivity contribution is 0.0224. The summed E-state index contributed by atoms with van der Waals surface area (Å²) in [4.78, 5) is 24.3. The lowest BCUT2D eigenvalue weighted by atomic mass is 9.77. The number of hydrogen-bond acceptors (Lipinski definition) is 7. The highest BCUT2D eigenvalue weighted by Crippen LogP contribution is 2.57. The van der Waals surface area contributed by atoms with E-state index in [1.54, 1.807) is 0 Å². The number of ether oxygens (including phenoxy) is 2. The SMILES string of the molecule is O=C(O)c1ccc2c(c1)C1(OC2=O)c2ccc(O)cc2Oc2cc(OS(=O)O)ccc21. The summed E-state index contributed by atoms with van der Waals surface area (Å²) in [5, 5.41) is 19.4. The molecule has 2 aliphatic rings. The fourth-order valence-corrected chi connectivity index (χ4v) is 4.23. The van der Waals surface area contributed by atoms with Crippen LogP contribution in [0.4, 0.5) is 0 Å². The highest BCUT2D eigenvalue weighted by Gasteiger charge is 2.54. The van der Waals surface area contributed by atoms with Crippen LogP contribution in [0.3, 0.4) is 0 Å². The zero-order valence-electron chi connectivity index (χ0n) is 15.4. The molecule has 9 nitrogen and oxygen atoms in total. The molecular weight excluding hydrogens is 428 g/mol. The van der Waals surface area contributed by atoms with E-state index < -0.39 is 28.9 Å². The highest BCUT2D eigenvalue weighted by atomic mass is 32.2. The molecule has 3 aromatic rings. The first-order valence-corrected chi connectivity index (χ1v) is 9.89. The molecule has 0 saturated carbocycles. The van der Waals surface area contributed by atoms with Crippen molar-refractivity contribution in [3.05, 3.63) is 82.4 Å². The Bertz CT molecular complexity index is 1320. The number of carbonyl (C=O) groups excluding carboxylic acids is 1. The number of phenols is 1. The molecule has 0 radical (unpaired) electrons. The molecule has 156 valence electrons. The predicted molar refractivity (Wildman–Crippen MR) is 105 cm³/mol. The zero-order valence-corrected chi connectivity index (χ0v) is 16.2. The summed E-state index contributed by atoms with van der Waals surface area (Å²) in [5.41, 5.74) is -0.364. The van der Waals surface area contributed by atoms with E-state index in [0.29, 0.717) is 16.7 Å². The summed E-state index contributed by atoms with van der Waals surface area (Å²) < 4.78 is 36.6. The van der Waals surface area contributed by atoms with Crippen molar-refractivity contribution in [3.63, 3.8) is 0 Å². The van der Waals surface area contributed by atoms with E-state index in [-0.39, 0.29) is 34.1 Å². The normalized spacial score (nSPS) is 18.9. The van der Waals surface area contributed by atoms with Crippen LogP contribution < -0.4 is 8.92 Å². The summed E-state index contributed by atoms with van der Waals surface area (Å²) in [7, 11) is 0. The van der Waals surface area contributed by atoms with Crippen molar-refractivity contribution in [1.82, 2.24) is 0 Å². The molecule has 0 bridgehead atoms. The number of aromatic carboxylic acids is 1. The van der Waals surface area contributed by atoms with Crippen molar-refractivity contribution in [3.8, 4) is 23.0 Å². The van der Waals surface area contributed by atoms with Crippen molar-refractivity contribution in [2.45, 2.75) is 5.60 Å². The molecule has 0 amide bonds. The second-order valence-corrected chi connectivity index (χ2v) is 7.48. The van der Waals surface area contributed by atoms with E-state index in [0.717, 1.165) is 0 Å². The number of carboxylic acids is 1. The third-order valence-electron chi connectivity index (χ3n) is 5.18. The maximum Gasteiger partial charge on any atom is 0.357 e. The van der Waals surface area contributed by atoms with E-state index in [9.17, 15) is 24.0 Å². The summed E-state index contributed by atoms with van der Waals surface area (Å²) in [6.45, 7) is 0. The van der Waals surface area contributed by atoms with Gasteiger partial charge in [-0.3, -0.25) is 4.55 Å². The summed E-state index contributed by atoms with van der Waals surface area (Å²) in [6.07, 6.45) is 0. The predicted octanol–water partition coefficient (Wildman–Crippen LogP) is 3.17. The van der Waals surface area contributed by atoms with Gasteiger partial charge in [0.05, 0.1) is 11.1 Å². The molecule has 31 heavy (non-hydrogen) atoms. The number of carboxylic acid groups (broad SMARTS) is 1. The lowest BCUT2D eigenvalue weighted by Crippen LogP contribution is -2.33. The summed E-state index contributed by atoms with van der Waals surface area (Å²) in [6, 6.07) is 12.5. The smallest absolute Gasteiger partial charge is 0.357 e. The largest absolute Gasteiger partial charge is 0.508 e. The molecule has 10 heteroatoms. The van der Waals surface area contributed by atoms with Crippen molar-refractivity contribution in [1.29, 1.82) is 0 Å². The summed E-state index contributed by atoms with van der Waals surface area (Å²) in [5.74, 6) is -1.62. The lowest BCUT2D eigenvalue weighted by Gasteiger charge is -2.36. The van der Waals surface area contributed by atoms with Gasteiger partial charge in [-0.2, -0.15) is 4.21 Å². The van der Waals surface area contributed by atoms with Gasteiger partial charge in [0, 0.05) is 28.8 Å². The zero-order chi connectivity index (χ0) is 21.9. The molecule has 2 heterocycles. The molecule has 1 spiro atoms. The first kappa shape index (κ1) is 19.1. The molecule has 5 rings (SSSR count). The molecule has 2 unspecified atom stereocenters. The first-order chi connectivity index (χ1) is 14.8. The van der Waals surface area contributed by atoms with E-state index in [1.165, 1.54) is 54.6 Å². The van der Waals surface area contributed by atoms with E-state index in [1.807, 2.05) is 0 Å². The topological polar surface area (TPSA) is 140 Å². The minimum atomic E-state index is -2.57. The number of benzene rings is 3. The Kier molecular flexibility index (Phi) is 4.04. The monoisotopic (exact) mass is 440 g/mol. The average molecular weight is 440 g/mol. The van der Waals surface area contributed by atoms with Crippen LogP contribution in [0, 0.1) is 0 Å². The average Bonchev–Trinajstić information content (AvgIpc) is 3.00. The van der Waals surface area contributed by atoms with Crippen LogP contribution >= 0.6 is 0 Å². The van der Waals surface area contributed by atoms with Crippen LogP contribution in [0.5, 0.6) is 23.0 Å². The van der Waals surface area contributed by atoms with Crippen molar-refractivity contribution >= 4 is 23.3 Å². The maximum absolute atomic E-state index is 12.8. The number of fused-ring (bicyclic) bond motifs is 6. The first-order valence-electron chi connectivity index (χ1n) is 8.86. The second kappa shape index (κ2) is 6.56. The van der Waals surface area contributed by atoms with Crippen LogP contribution in [0.25, 0.3) is 0 Å². The number of rotatable bonds is 3. The van der Waals surface area contributed by atoms with Gasteiger partial charge in [-0.25, -0.2) is 9.59 Å². The van der Waals surface area contributed by atoms with Gasteiger partial charge < -0.3 is 23.9 Å². The molecule has 0 fully saturated rings. The van der Waals surface area contributed by atoms with Crippen LogP contribution in [0.1, 0.15) is 37.4 Å². The van der Waals surface area contributed by atoms with Gasteiger partial charge in [-0.05, 0) is 42.5 Å². The second-order valence-electron chi connectivity index (χ2n) is 6.88. The Hall–Kier alpha value is -3.89. The van der Waals surface area contributed by atoms with Crippen LogP contribution in [0.15, 0.2) is 54.6 Å². The standard InChI is InChI=1S/C21H12O9S/c22-11-2-5-14-17(8-11)28-18-9-12(30-31(26)27)3-6-15(18)21(14)16-7-10(19(23)24)1-4-13(16)20(25)29-21/h1-9,22H,(H,23,24)(H,26,27). The molecule has 3 N–H and O–H groups in total. The van der Waals surface area contributed by atoms with E-state index in [4.69, 9.17) is 18.2 Å². The molecule has 0 aromatic heterocycles. The molecule has 2 atom stereocenters. The molecule has 3 aromatic carbocycles. The van der Waals surface area contributed by atoms with E-state index >= 15 is 0 Å². The third kappa shape index (κ3) is 2.76. The minimum Gasteiger partial charge on any atom is -0.508 e. The Morgan fingerprint density at radius 2 is 1.68 bits per heavy atom. The third-order valence-corrected chi connectivity index (χ3v) is 5.51. The van der Waals surface area contributed by atoms with Gasteiger partial charge in [0.25, 0.3) is 0 Å². The maximum atomic E-state index is 12.8. The summed E-state index contributed by atoms with van der Waals surface area (Å²) >= 11 is -2.57. The molecule has 0 saturated heterocycles. The number of carbonyl (C=O) groups is 2. The van der Waals surface area contributed by atoms with Crippen molar-refractivity contribution in [2.24, 2.45) is 0 Å². The molecule has 2 aliphatic heterocycles. The van der Waals surface area contributed by atoms with Gasteiger partial charge in [0.15, 0.2) is 5.60 Å². The fraction of sp³-hybridized carbons (Fsp3) is 0.0476. The van der Waals surface area contributed by atoms with Gasteiger partial charge in [-0.1, -0.05) is 0 Å². The Morgan fingerprint density at radius 3 is 2.39 bits per heavy atom. The molecule has 0 aliphatic carbocycles. The van der Waals surface area contributed by atoms with E-state index in [2.05, 4.69) is 0 Å². The Labute approximate surface area is 176 Å². The fourth-order valence-electron chi connectivity index (χ4n) is 3.96. The van der Waals surface area contributed by atoms with Crippen molar-refractivity contribution in [2.75, 3.05) is 0 Å². The number of phenolic OH excluding ortho intramolecular Hbond substituents is 1. The Balaban J connectivity index is 1.83. The van der Waals surface area contributed by atoms with Crippen LogP contribution in [-0.4, -0.2) is 30.9 Å². The Morgan fingerprint density at radius 1 is 0.968 bits per heavy atom. The number of hydrogen-bond donors (Lipinski definition) is 3. The molecular formula is C21H12O9S. The van der Waals surface area contributed by atoms with Gasteiger partial charge >= 0.3 is 23.3 Å². The van der Waals surface area contributed by atoms with Crippen molar-refractivity contribution < 1.29 is 42.2 Å². The number of esters is 1. The van der Waals surface area contributed by atoms with Gasteiger partial charge in [-0.15, -0.1) is 0 Å². The van der Waals surface area contributed by atoms with Gasteiger partial charge in [0.1, 0.15) is 23.0 Å². The highest BCUT2D eigenvalue weighted by molar-refractivity contribution is 7.74. The quantitative estimate of drug-likeness (QED) is 0.414. The number of aromatic hydroxyl groups is 1.